The van der Waals surface area contributed by atoms with Gasteiger partial charge >= 0.3 is 0 Å². The molecule has 0 bridgehead atoms. The summed E-state index contributed by atoms with van der Waals surface area (Å²) in [5.41, 5.74) is 1.28. The number of aliphatic imine (C=N–C) groups is 3. The van der Waals surface area contributed by atoms with Gasteiger partial charge in [0.25, 0.3) is 0 Å². The molecular weight excluding hydrogens is 290 g/mol. The molecule has 2 aliphatic heterocycles. The molecule has 0 fully saturated rings. The standard InChI is InChI=1S/C17H15N5O/c18-11-16-5-1-3-9-22-15-21-13-17(22)12-20-8-7-19-6-2-4-10-23-14-16/h1-10,12-14H,15H2/b5-1-,6-2-,9-3-,10-4-,16-14+,17-12-,19-7?,20-8?. The van der Waals surface area contributed by atoms with Crippen molar-refractivity contribution in [3.63, 3.8) is 0 Å². The number of fused-ring (bicyclic) bond motifs is 1. The summed E-state index contributed by atoms with van der Waals surface area (Å²) < 4.78 is 5.14. The van der Waals surface area contributed by atoms with E-state index in [4.69, 9.17) is 10.00 Å². The number of nitriles is 1. The Kier molecular flexibility index (Phi) is 6.56. The first-order valence-electron chi connectivity index (χ1n) is 6.84. The van der Waals surface area contributed by atoms with Gasteiger partial charge in [-0.3, -0.25) is 15.0 Å². The molecule has 0 amide bonds. The SMILES string of the molecule is N#CC1=C/O/C=C\C=C/N=CC=N/C=C2/C=NCN2\C=C/C=C\1. The van der Waals surface area contributed by atoms with Gasteiger partial charge in [0.15, 0.2) is 0 Å². The van der Waals surface area contributed by atoms with Gasteiger partial charge in [0.2, 0.25) is 0 Å². The van der Waals surface area contributed by atoms with E-state index in [0.29, 0.717) is 12.2 Å². The van der Waals surface area contributed by atoms with Crippen LogP contribution in [0.2, 0.25) is 0 Å². The van der Waals surface area contributed by atoms with Crippen molar-refractivity contribution in [1.29, 1.82) is 5.26 Å². The topological polar surface area (TPSA) is 73.3 Å². The zero-order valence-corrected chi connectivity index (χ0v) is 12.4. The Balaban J connectivity index is 2.19. The first kappa shape index (κ1) is 15.9. The quantitative estimate of drug-likeness (QED) is 0.690. The largest absolute Gasteiger partial charge is 0.471 e. The summed E-state index contributed by atoms with van der Waals surface area (Å²) in [6, 6.07) is 2.04. The zero-order valence-electron chi connectivity index (χ0n) is 12.4. The fourth-order valence-corrected chi connectivity index (χ4v) is 1.58. The number of hydrogen-bond acceptors (Lipinski definition) is 6. The van der Waals surface area contributed by atoms with Gasteiger partial charge in [-0.2, -0.15) is 5.26 Å². The predicted octanol–water partition coefficient (Wildman–Crippen LogP) is 2.85. The average Bonchev–Trinajstić information content (AvgIpc) is 3.01. The molecule has 0 atom stereocenters. The molecule has 114 valence electrons. The summed E-state index contributed by atoms with van der Waals surface area (Å²) in [7, 11) is 0. The van der Waals surface area contributed by atoms with E-state index < -0.39 is 0 Å². The van der Waals surface area contributed by atoms with Crippen LogP contribution in [0.1, 0.15) is 0 Å². The molecular formula is C17H15N5O. The predicted molar refractivity (Wildman–Crippen MR) is 91.6 cm³/mol. The van der Waals surface area contributed by atoms with Gasteiger partial charge < -0.3 is 9.64 Å². The normalized spacial score (nSPS) is 27.9. The zero-order chi connectivity index (χ0) is 16.2. The van der Waals surface area contributed by atoms with Crippen LogP contribution in [0.5, 0.6) is 0 Å². The van der Waals surface area contributed by atoms with Crippen molar-refractivity contribution in [3.05, 3.63) is 72.8 Å². The lowest BCUT2D eigenvalue weighted by molar-refractivity contribution is 0.401. The third-order valence-corrected chi connectivity index (χ3v) is 2.65. The van der Waals surface area contributed by atoms with Crippen molar-refractivity contribution in [2.75, 3.05) is 6.67 Å². The third kappa shape index (κ3) is 5.81. The minimum absolute atomic E-state index is 0.403. The van der Waals surface area contributed by atoms with Crippen LogP contribution >= 0.6 is 0 Å². The van der Waals surface area contributed by atoms with E-state index in [1.807, 2.05) is 23.2 Å². The molecule has 0 aromatic heterocycles. The van der Waals surface area contributed by atoms with Gasteiger partial charge in [-0.15, -0.1) is 0 Å². The lowest BCUT2D eigenvalue weighted by Gasteiger charge is -2.10. The van der Waals surface area contributed by atoms with Crippen LogP contribution in [-0.4, -0.2) is 30.2 Å². The van der Waals surface area contributed by atoms with Crippen molar-refractivity contribution in [2.24, 2.45) is 15.0 Å². The Hall–Kier alpha value is -3.46. The first-order valence-corrected chi connectivity index (χ1v) is 6.84. The Morgan fingerprint density at radius 1 is 1.13 bits per heavy atom. The first-order chi connectivity index (χ1) is 11.4. The number of rotatable bonds is 0. The maximum absolute atomic E-state index is 9.01. The maximum Gasteiger partial charge on any atom is 0.114 e. The summed E-state index contributed by atoms with van der Waals surface area (Å²) in [6.07, 6.45) is 21.5. The molecule has 23 heavy (non-hydrogen) atoms. The lowest BCUT2D eigenvalue weighted by Crippen LogP contribution is -2.10. The fraction of sp³-hybridized carbons (Fsp3) is 0.0588. The van der Waals surface area contributed by atoms with Gasteiger partial charge in [-0.25, -0.2) is 0 Å². The van der Waals surface area contributed by atoms with E-state index >= 15 is 0 Å². The number of hydrogen-bond donors (Lipinski definition) is 0. The number of ether oxygens (including phenoxy) is 1. The van der Waals surface area contributed by atoms with Crippen LogP contribution < -0.4 is 0 Å². The number of nitrogens with zero attached hydrogens (tertiary/aromatic N) is 5. The average molecular weight is 305 g/mol. The van der Waals surface area contributed by atoms with E-state index in [0.717, 1.165) is 5.70 Å². The monoisotopic (exact) mass is 305 g/mol. The van der Waals surface area contributed by atoms with E-state index in [2.05, 4.69) is 15.0 Å². The summed E-state index contributed by atoms with van der Waals surface area (Å²) in [6.45, 7) is 0.539. The van der Waals surface area contributed by atoms with Crippen molar-refractivity contribution in [1.82, 2.24) is 4.90 Å². The van der Waals surface area contributed by atoms with Gasteiger partial charge in [-0.05, 0) is 24.3 Å². The molecule has 2 heterocycles. The van der Waals surface area contributed by atoms with Gasteiger partial charge in [0, 0.05) is 31.0 Å². The summed E-state index contributed by atoms with van der Waals surface area (Å²) in [5.74, 6) is 0. The van der Waals surface area contributed by atoms with Crippen LogP contribution in [0.15, 0.2) is 87.8 Å². The van der Waals surface area contributed by atoms with Crippen molar-refractivity contribution in [2.45, 2.75) is 0 Å². The molecule has 0 saturated carbocycles. The Morgan fingerprint density at radius 3 is 2.96 bits per heavy atom. The smallest absolute Gasteiger partial charge is 0.114 e. The second-order valence-corrected chi connectivity index (χ2v) is 4.26. The molecule has 6 nitrogen and oxygen atoms in total. The molecule has 0 aromatic rings. The Labute approximate surface area is 134 Å². The van der Waals surface area contributed by atoms with Crippen molar-refractivity contribution < 1.29 is 4.74 Å². The van der Waals surface area contributed by atoms with Gasteiger partial charge in [-0.1, -0.05) is 6.08 Å². The summed E-state index contributed by atoms with van der Waals surface area (Å²) in [4.78, 5) is 14.3. The van der Waals surface area contributed by atoms with Crippen molar-refractivity contribution in [3.8, 4) is 6.07 Å². The second-order valence-electron chi connectivity index (χ2n) is 4.26. The van der Waals surface area contributed by atoms with Crippen LogP contribution in [0.4, 0.5) is 0 Å². The molecule has 0 spiro atoms. The van der Waals surface area contributed by atoms with Crippen LogP contribution in [0, 0.1) is 11.3 Å². The molecule has 2 rings (SSSR count). The highest BCUT2D eigenvalue weighted by atomic mass is 16.5. The van der Waals surface area contributed by atoms with Gasteiger partial charge in [0.05, 0.1) is 23.7 Å². The molecule has 0 N–H and O–H groups in total. The molecule has 2 aliphatic rings. The minimum Gasteiger partial charge on any atom is -0.471 e. The Bertz CT molecular complexity index is 712. The second kappa shape index (κ2) is 9.47. The van der Waals surface area contributed by atoms with Crippen LogP contribution in [0.25, 0.3) is 0 Å². The molecule has 0 saturated heterocycles. The third-order valence-electron chi connectivity index (χ3n) is 2.65. The summed E-state index contributed by atoms with van der Waals surface area (Å²) in [5, 5.41) is 9.01. The van der Waals surface area contributed by atoms with E-state index in [-0.39, 0.29) is 0 Å². The molecule has 0 aliphatic carbocycles. The van der Waals surface area contributed by atoms with E-state index in [9.17, 15) is 0 Å². The number of allylic oxidation sites excluding steroid dienone is 7. The van der Waals surface area contributed by atoms with Crippen LogP contribution in [0.3, 0.4) is 0 Å². The highest BCUT2D eigenvalue weighted by Gasteiger charge is 2.08. The maximum atomic E-state index is 9.01. The molecule has 0 radical (unpaired) electrons. The van der Waals surface area contributed by atoms with Gasteiger partial charge in [0.1, 0.15) is 19.0 Å². The molecule has 6 heteroatoms. The molecule has 0 unspecified atom stereocenters. The van der Waals surface area contributed by atoms with Crippen molar-refractivity contribution >= 4 is 18.6 Å². The lowest BCUT2D eigenvalue weighted by atomic mass is 10.3. The van der Waals surface area contributed by atoms with E-state index in [1.165, 1.54) is 12.5 Å². The van der Waals surface area contributed by atoms with E-state index in [1.54, 1.807) is 55.3 Å². The minimum atomic E-state index is 0.403. The highest BCUT2D eigenvalue weighted by Crippen LogP contribution is 2.09. The van der Waals surface area contributed by atoms with Crippen LogP contribution in [-0.2, 0) is 4.74 Å². The molecule has 0 aromatic carbocycles. The Morgan fingerprint density at radius 2 is 2.04 bits per heavy atom. The summed E-state index contributed by atoms with van der Waals surface area (Å²) >= 11 is 0. The fourth-order valence-electron chi connectivity index (χ4n) is 1.58. The highest BCUT2D eigenvalue weighted by molar-refractivity contribution is 6.16.